The first-order valence-electron chi connectivity index (χ1n) is 8.84. The summed E-state index contributed by atoms with van der Waals surface area (Å²) in [6.45, 7) is 3.26. The molecule has 142 valence electrons. The van der Waals surface area contributed by atoms with Crippen molar-refractivity contribution in [2.45, 2.75) is 50.9 Å². The van der Waals surface area contributed by atoms with Crippen molar-refractivity contribution < 1.29 is 22.4 Å². The van der Waals surface area contributed by atoms with Crippen LogP contribution in [0.4, 0.5) is 13.2 Å². The maximum Gasteiger partial charge on any atom is 0.401 e. The summed E-state index contributed by atoms with van der Waals surface area (Å²) >= 11 is 0. The van der Waals surface area contributed by atoms with Crippen LogP contribution >= 0.6 is 0 Å². The van der Waals surface area contributed by atoms with Gasteiger partial charge in [0.2, 0.25) is 5.89 Å². The molecule has 2 fully saturated rings. The van der Waals surface area contributed by atoms with Gasteiger partial charge in [-0.2, -0.15) is 18.2 Å². The Labute approximate surface area is 145 Å². The predicted octanol–water partition coefficient (Wildman–Crippen LogP) is 2.46. The van der Waals surface area contributed by atoms with E-state index in [1.807, 2.05) is 0 Å². The molecule has 0 amide bonds. The van der Waals surface area contributed by atoms with Crippen LogP contribution in [0, 0.1) is 12.8 Å². The zero-order chi connectivity index (χ0) is 17.9. The zero-order valence-corrected chi connectivity index (χ0v) is 14.4. The summed E-state index contributed by atoms with van der Waals surface area (Å²) < 4.78 is 48.4. The molecule has 0 radical (unpaired) electrons. The number of rotatable bonds is 5. The second-order valence-electron chi connectivity index (χ2n) is 6.94. The summed E-state index contributed by atoms with van der Waals surface area (Å²) in [5, 5.41) is 7.47. The minimum absolute atomic E-state index is 0.0655. The zero-order valence-electron chi connectivity index (χ0n) is 14.4. The van der Waals surface area contributed by atoms with Crippen LogP contribution in [0.2, 0.25) is 0 Å². The quantitative estimate of drug-likeness (QED) is 0.868. The summed E-state index contributed by atoms with van der Waals surface area (Å²) in [7, 11) is 0. The van der Waals surface area contributed by atoms with Crippen LogP contribution in [-0.2, 0) is 4.74 Å². The highest BCUT2D eigenvalue weighted by atomic mass is 19.4. The minimum atomic E-state index is -4.13. The van der Waals surface area contributed by atoms with Crippen molar-refractivity contribution in [1.29, 1.82) is 0 Å². The van der Waals surface area contributed by atoms with E-state index in [-0.39, 0.29) is 12.1 Å². The smallest absolute Gasteiger partial charge is 0.381 e. The van der Waals surface area contributed by atoms with E-state index in [1.165, 1.54) is 4.90 Å². The number of hydrogen-bond donors (Lipinski definition) is 1. The van der Waals surface area contributed by atoms with Gasteiger partial charge in [0, 0.05) is 19.3 Å². The Morgan fingerprint density at radius 2 is 1.88 bits per heavy atom. The largest absolute Gasteiger partial charge is 0.401 e. The number of alkyl halides is 3. The van der Waals surface area contributed by atoms with Gasteiger partial charge in [-0.3, -0.25) is 4.90 Å². The second kappa shape index (κ2) is 8.01. The van der Waals surface area contributed by atoms with Crippen LogP contribution in [-0.4, -0.2) is 60.1 Å². The van der Waals surface area contributed by atoms with Gasteiger partial charge >= 0.3 is 6.18 Å². The molecule has 2 aliphatic rings. The first-order valence-corrected chi connectivity index (χ1v) is 8.84. The fraction of sp³-hybridized carbons (Fsp3) is 0.875. The summed E-state index contributed by atoms with van der Waals surface area (Å²) in [6, 6.07) is 0.0915. The van der Waals surface area contributed by atoms with E-state index in [4.69, 9.17) is 9.26 Å². The highest BCUT2D eigenvalue weighted by Gasteiger charge is 2.35. The lowest BCUT2D eigenvalue weighted by Crippen LogP contribution is -2.47. The molecule has 0 spiro atoms. The van der Waals surface area contributed by atoms with Gasteiger partial charge in [0.05, 0.1) is 12.6 Å². The number of likely N-dealkylation sites (tertiary alicyclic amines) is 1. The second-order valence-corrected chi connectivity index (χ2v) is 6.94. The summed E-state index contributed by atoms with van der Waals surface area (Å²) in [5.74, 6) is 1.50. The van der Waals surface area contributed by atoms with Crippen molar-refractivity contribution in [2.75, 3.05) is 32.8 Å². The number of aryl methyl sites for hydroxylation is 1. The Bertz CT molecular complexity index is 538. The molecule has 3 rings (SSSR count). The molecule has 2 aliphatic heterocycles. The normalized spacial score (nSPS) is 23.0. The first kappa shape index (κ1) is 18.6. The average molecular weight is 362 g/mol. The molecule has 0 bridgehead atoms. The van der Waals surface area contributed by atoms with E-state index in [2.05, 4.69) is 15.5 Å². The fourth-order valence-corrected chi connectivity index (χ4v) is 3.66. The number of aromatic nitrogens is 2. The monoisotopic (exact) mass is 362 g/mol. The molecule has 1 atom stereocenters. The van der Waals surface area contributed by atoms with Crippen LogP contribution in [0.1, 0.15) is 43.4 Å². The van der Waals surface area contributed by atoms with Crippen molar-refractivity contribution in [3.8, 4) is 0 Å². The van der Waals surface area contributed by atoms with Crippen LogP contribution in [0.3, 0.4) is 0 Å². The fourth-order valence-electron chi connectivity index (χ4n) is 3.66. The maximum atomic E-state index is 12.5. The number of nitrogens with one attached hydrogen (secondary N) is 1. The number of ether oxygens (including phenoxy) is 1. The van der Waals surface area contributed by atoms with Gasteiger partial charge in [-0.25, -0.2) is 0 Å². The van der Waals surface area contributed by atoms with Gasteiger partial charge in [-0.05, 0) is 51.6 Å². The molecule has 25 heavy (non-hydrogen) atoms. The lowest BCUT2D eigenvalue weighted by molar-refractivity contribution is -0.148. The van der Waals surface area contributed by atoms with Gasteiger partial charge in [-0.15, -0.1) is 0 Å². The van der Waals surface area contributed by atoms with E-state index in [0.717, 1.165) is 12.8 Å². The molecule has 3 heterocycles. The topological polar surface area (TPSA) is 63.4 Å². The molecule has 0 saturated carbocycles. The van der Waals surface area contributed by atoms with Crippen LogP contribution in [0.15, 0.2) is 4.52 Å². The van der Waals surface area contributed by atoms with Crippen LogP contribution < -0.4 is 5.32 Å². The Hall–Kier alpha value is -1.19. The van der Waals surface area contributed by atoms with E-state index in [0.29, 0.717) is 56.8 Å². The molecule has 1 aromatic heterocycles. The average Bonchev–Trinajstić information content (AvgIpc) is 3.00. The minimum Gasteiger partial charge on any atom is -0.381 e. The third-order valence-electron chi connectivity index (χ3n) is 4.95. The molecule has 2 saturated heterocycles. The third kappa shape index (κ3) is 5.39. The lowest BCUT2D eigenvalue weighted by atomic mass is 9.90. The predicted molar refractivity (Wildman–Crippen MR) is 84.0 cm³/mol. The lowest BCUT2D eigenvalue weighted by Gasteiger charge is -2.36. The summed E-state index contributed by atoms with van der Waals surface area (Å²) in [5.41, 5.74) is 0. The molecule has 1 N–H and O–H groups in total. The van der Waals surface area contributed by atoms with E-state index >= 15 is 0 Å². The summed E-state index contributed by atoms with van der Waals surface area (Å²) in [6.07, 6.45) is -0.948. The number of nitrogens with zero attached hydrogens (tertiary/aromatic N) is 3. The van der Waals surface area contributed by atoms with Gasteiger partial charge < -0.3 is 14.6 Å². The number of halogens is 3. The third-order valence-corrected chi connectivity index (χ3v) is 4.95. The Morgan fingerprint density at radius 3 is 2.44 bits per heavy atom. The molecular formula is C16H25F3N4O2. The molecule has 0 aliphatic carbocycles. The van der Waals surface area contributed by atoms with E-state index in [9.17, 15) is 13.2 Å². The maximum absolute atomic E-state index is 12.5. The SMILES string of the molecule is Cc1noc([C@H](NC2CCN(CC(F)(F)F)CC2)C2CCOCC2)n1. The van der Waals surface area contributed by atoms with E-state index < -0.39 is 12.7 Å². The van der Waals surface area contributed by atoms with Crippen molar-refractivity contribution in [3.63, 3.8) is 0 Å². The van der Waals surface area contributed by atoms with Crippen molar-refractivity contribution in [1.82, 2.24) is 20.4 Å². The van der Waals surface area contributed by atoms with E-state index in [1.54, 1.807) is 6.92 Å². The van der Waals surface area contributed by atoms with Gasteiger partial charge in [0.25, 0.3) is 0 Å². The molecule has 9 heteroatoms. The Morgan fingerprint density at radius 1 is 1.20 bits per heavy atom. The first-order chi connectivity index (χ1) is 11.9. The van der Waals surface area contributed by atoms with Crippen LogP contribution in [0.25, 0.3) is 0 Å². The number of piperidine rings is 1. The molecule has 0 unspecified atom stereocenters. The van der Waals surface area contributed by atoms with Crippen molar-refractivity contribution in [2.24, 2.45) is 5.92 Å². The highest BCUT2D eigenvalue weighted by Crippen LogP contribution is 2.31. The summed E-state index contributed by atoms with van der Waals surface area (Å²) in [4.78, 5) is 5.85. The Balaban J connectivity index is 1.59. The van der Waals surface area contributed by atoms with Gasteiger partial charge in [-0.1, -0.05) is 5.16 Å². The van der Waals surface area contributed by atoms with Crippen LogP contribution in [0.5, 0.6) is 0 Å². The molecule has 1 aromatic rings. The van der Waals surface area contributed by atoms with Crippen molar-refractivity contribution in [3.05, 3.63) is 11.7 Å². The number of hydrogen-bond acceptors (Lipinski definition) is 6. The Kier molecular flexibility index (Phi) is 5.96. The molecule has 0 aromatic carbocycles. The molecular weight excluding hydrogens is 337 g/mol. The molecule has 6 nitrogen and oxygen atoms in total. The van der Waals surface area contributed by atoms with Gasteiger partial charge in [0.1, 0.15) is 0 Å². The van der Waals surface area contributed by atoms with Gasteiger partial charge in [0.15, 0.2) is 5.82 Å². The highest BCUT2D eigenvalue weighted by molar-refractivity contribution is 4.97. The van der Waals surface area contributed by atoms with Crippen molar-refractivity contribution >= 4 is 0 Å². The standard InChI is InChI=1S/C16H25F3N4O2/c1-11-20-15(25-22-11)14(12-4-8-24-9-5-12)21-13-2-6-23(7-3-13)10-16(17,18)19/h12-14,21H,2-10H2,1H3/t14-/m1/s1.